The van der Waals surface area contributed by atoms with Crippen LogP contribution in [0.15, 0.2) is 34.3 Å². The van der Waals surface area contributed by atoms with E-state index in [-0.39, 0.29) is 34.9 Å². The van der Waals surface area contributed by atoms with Gasteiger partial charge in [0.05, 0.1) is 28.8 Å². The Bertz CT molecular complexity index is 828. The van der Waals surface area contributed by atoms with Crippen molar-refractivity contribution < 1.29 is 9.53 Å². The Morgan fingerprint density at radius 1 is 1.35 bits per heavy atom. The number of ether oxygens (including phenoxy) is 1. The molecule has 6 atom stereocenters. The SMILES string of the molecule is CCC12C=N[C@H]3C[C@@H]1[C@@H]1C(=O)OC2C[C@@]12C3=Nc1ccccc12. The maximum Gasteiger partial charge on any atom is 0.310 e. The molecule has 0 amide bonds. The van der Waals surface area contributed by atoms with Crippen LogP contribution in [0.5, 0.6) is 0 Å². The summed E-state index contributed by atoms with van der Waals surface area (Å²) in [5, 5.41) is 0. The predicted octanol–water partition coefficient (Wildman–Crippen LogP) is 2.83. The number of hydrogen-bond acceptors (Lipinski definition) is 4. The van der Waals surface area contributed by atoms with Gasteiger partial charge < -0.3 is 4.74 Å². The molecule has 0 N–H and O–H groups in total. The Morgan fingerprint density at radius 2 is 2.22 bits per heavy atom. The highest BCUT2D eigenvalue weighted by Crippen LogP contribution is 2.68. The van der Waals surface area contributed by atoms with E-state index in [1.165, 1.54) is 5.56 Å². The maximum atomic E-state index is 12.8. The summed E-state index contributed by atoms with van der Waals surface area (Å²) in [6, 6.07) is 8.49. The number of nitrogens with zero attached hydrogens (tertiary/aromatic N) is 2. The summed E-state index contributed by atoms with van der Waals surface area (Å²) in [6.45, 7) is 2.21. The van der Waals surface area contributed by atoms with E-state index in [9.17, 15) is 4.79 Å². The van der Waals surface area contributed by atoms with Crippen LogP contribution in [0.2, 0.25) is 0 Å². The minimum atomic E-state index is -0.249. The van der Waals surface area contributed by atoms with Crippen LogP contribution in [-0.2, 0) is 14.9 Å². The van der Waals surface area contributed by atoms with Crippen molar-refractivity contribution in [1.82, 2.24) is 0 Å². The smallest absolute Gasteiger partial charge is 0.310 e. The molecule has 0 aromatic heterocycles. The molecule has 4 heteroatoms. The van der Waals surface area contributed by atoms with Gasteiger partial charge >= 0.3 is 5.97 Å². The van der Waals surface area contributed by atoms with Crippen molar-refractivity contribution in [3.05, 3.63) is 29.8 Å². The van der Waals surface area contributed by atoms with E-state index in [4.69, 9.17) is 14.7 Å². The summed E-state index contributed by atoms with van der Waals surface area (Å²) in [6.07, 6.45) is 4.90. The highest BCUT2D eigenvalue weighted by atomic mass is 16.5. The molecule has 1 spiro atoms. The molecule has 2 saturated carbocycles. The van der Waals surface area contributed by atoms with Crippen LogP contribution in [-0.4, -0.2) is 30.0 Å². The molecule has 5 bridgehead atoms. The first-order valence-corrected chi connectivity index (χ1v) is 8.64. The van der Waals surface area contributed by atoms with E-state index in [0.29, 0.717) is 5.92 Å². The van der Waals surface area contributed by atoms with Crippen molar-refractivity contribution in [3.63, 3.8) is 0 Å². The van der Waals surface area contributed by atoms with Crippen molar-refractivity contribution in [3.8, 4) is 0 Å². The summed E-state index contributed by atoms with van der Waals surface area (Å²) >= 11 is 0. The first kappa shape index (κ1) is 12.5. The lowest BCUT2D eigenvalue weighted by Crippen LogP contribution is -2.74. The van der Waals surface area contributed by atoms with E-state index in [1.807, 2.05) is 6.07 Å². The third-order valence-electron chi connectivity index (χ3n) is 7.23. The first-order chi connectivity index (χ1) is 11.2. The Balaban J connectivity index is 1.70. The fraction of sp³-hybridized carbons (Fsp3) is 0.526. The molecule has 2 unspecified atom stereocenters. The van der Waals surface area contributed by atoms with Crippen LogP contribution in [0.1, 0.15) is 31.7 Å². The third kappa shape index (κ3) is 1.10. The molecule has 116 valence electrons. The second-order valence-electron chi connectivity index (χ2n) is 7.69. The second kappa shape index (κ2) is 3.58. The van der Waals surface area contributed by atoms with E-state index >= 15 is 0 Å². The van der Waals surface area contributed by atoms with Gasteiger partial charge in [-0.3, -0.25) is 14.8 Å². The molecule has 7 rings (SSSR count). The number of aliphatic imine (C=N–C) groups is 2. The van der Waals surface area contributed by atoms with Crippen LogP contribution in [0.4, 0.5) is 5.69 Å². The van der Waals surface area contributed by atoms with Crippen molar-refractivity contribution >= 4 is 23.6 Å². The minimum absolute atomic E-state index is 0.00604. The summed E-state index contributed by atoms with van der Waals surface area (Å²) in [5.41, 5.74) is 3.09. The summed E-state index contributed by atoms with van der Waals surface area (Å²) in [4.78, 5) is 22.7. The molecule has 0 radical (unpaired) electrons. The fourth-order valence-electron chi connectivity index (χ4n) is 6.29. The van der Waals surface area contributed by atoms with Crippen LogP contribution in [0.3, 0.4) is 0 Å². The van der Waals surface area contributed by atoms with Gasteiger partial charge in [-0.2, -0.15) is 0 Å². The summed E-state index contributed by atoms with van der Waals surface area (Å²) < 4.78 is 5.88. The van der Waals surface area contributed by atoms with E-state index in [2.05, 4.69) is 31.3 Å². The summed E-state index contributed by atoms with van der Waals surface area (Å²) in [5.74, 6) is 0.256. The Hall–Kier alpha value is -1.97. The molecule has 23 heavy (non-hydrogen) atoms. The average Bonchev–Trinajstić information content (AvgIpc) is 2.89. The topological polar surface area (TPSA) is 51.0 Å². The molecule has 4 fully saturated rings. The van der Waals surface area contributed by atoms with Gasteiger partial charge in [-0.1, -0.05) is 25.1 Å². The Morgan fingerprint density at radius 3 is 3.09 bits per heavy atom. The van der Waals surface area contributed by atoms with Gasteiger partial charge in [0, 0.05) is 18.1 Å². The molecule has 4 aliphatic heterocycles. The second-order valence-corrected chi connectivity index (χ2v) is 7.69. The number of carbonyl (C=O) groups excluding carboxylic acids is 1. The number of benzene rings is 1. The van der Waals surface area contributed by atoms with Crippen LogP contribution >= 0.6 is 0 Å². The van der Waals surface area contributed by atoms with Crippen molar-refractivity contribution in [1.29, 1.82) is 0 Å². The van der Waals surface area contributed by atoms with Gasteiger partial charge in [0.15, 0.2) is 0 Å². The first-order valence-electron chi connectivity index (χ1n) is 8.64. The van der Waals surface area contributed by atoms with Gasteiger partial charge in [-0.25, -0.2) is 0 Å². The largest absolute Gasteiger partial charge is 0.461 e. The number of carbonyl (C=O) groups is 1. The lowest BCUT2D eigenvalue weighted by atomic mass is 9.41. The molecule has 1 aromatic carbocycles. The molecule has 4 heterocycles. The highest BCUT2D eigenvalue weighted by Gasteiger charge is 2.74. The molecule has 2 saturated heterocycles. The van der Waals surface area contributed by atoms with Gasteiger partial charge in [0.25, 0.3) is 0 Å². The standard InChI is InChI=1S/C19H18N2O2/c1-2-18-9-20-13-7-11(18)15-17(22)23-14(18)8-19(15)10-5-3-4-6-12(10)21-16(13)19/h3-6,9,11,13-15H,2,7-8H2,1H3/t11-,13+,14?,15-,18?,19+/m1/s1. The van der Waals surface area contributed by atoms with E-state index < -0.39 is 0 Å². The van der Waals surface area contributed by atoms with Crippen LogP contribution < -0.4 is 0 Å². The van der Waals surface area contributed by atoms with Gasteiger partial charge in [-0.05, 0) is 30.4 Å². The molecular weight excluding hydrogens is 288 g/mol. The van der Waals surface area contributed by atoms with Crippen molar-refractivity contribution in [2.24, 2.45) is 27.2 Å². The average molecular weight is 306 g/mol. The van der Waals surface area contributed by atoms with Gasteiger partial charge in [-0.15, -0.1) is 0 Å². The molecule has 1 aromatic rings. The lowest BCUT2D eigenvalue weighted by molar-refractivity contribution is -0.206. The van der Waals surface area contributed by atoms with Gasteiger partial charge in [0.1, 0.15) is 6.10 Å². The zero-order chi connectivity index (χ0) is 15.4. The zero-order valence-corrected chi connectivity index (χ0v) is 13.0. The normalized spacial score (nSPS) is 47.2. The molecule has 2 aliphatic carbocycles. The predicted molar refractivity (Wildman–Crippen MR) is 86.3 cm³/mol. The van der Waals surface area contributed by atoms with Crippen molar-refractivity contribution in [2.75, 3.05) is 0 Å². The number of para-hydroxylation sites is 1. The quantitative estimate of drug-likeness (QED) is 0.749. The lowest BCUT2D eigenvalue weighted by Gasteiger charge is -2.65. The number of rotatable bonds is 1. The molecular formula is C19H18N2O2. The number of fused-ring (bicyclic) bond motifs is 4. The monoisotopic (exact) mass is 306 g/mol. The Labute approximate surface area is 134 Å². The number of esters is 1. The fourth-order valence-corrected chi connectivity index (χ4v) is 6.29. The van der Waals surface area contributed by atoms with Crippen LogP contribution in [0.25, 0.3) is 0 Å². The van der Waals surface area contributed by atoms with Crippen LogP contribution in [0, 0.1) is 17.3 Å². The minimum Gasteiger partial charge on any atom is -0.461 e. The maximum absolute atomic E-state index is 12.8. The van der Waals surface area contributed by atoms with E-state index in [1.54, 1.807) is 0 Å². The van der Waals surface area contributed by atoms with Crippen molar-refractivity contribution in [2.45, 2.75) is 43.7 Å². The van der Waals surface area contributed by atoms with Gasteiger partial charge in [0.2, 0.25) is 0 Å². The third-order valence-corrected chi connectivity index (χ3v) is 7.23. The van der Waals surface area contributed by atoms with E-state index in [0.717, 1.165) is 30.7 Å². The zero-order valence-electron chi connectivity index (χ0n) is 13.0. The number of hydrogen-bond donors (Lipinski definition) is 0. The highest BCUT2D eigenvalue weighted by molar-refractivity contribution is 6.11. The molecule has 4 nitrogen and oxygen atoms in total. The Kier molecular flexibility index (Phi) is 1.94. The summed E-state index contributed by atoms with van der Waals surface area (Å²) in [7, 11) is 0. The molecule has 6 aliphatic rings.